The molecule has 1 aromatic carbocycles. The summed E-state index contributed by atoms with van der Waals surface area (Å²) in [7, 11) is 4.96. The van der Waals surface area contributed by atoms with Gasteiger partial charge in [0.15, 0.2) is 0 Å². The predicted octanol–water partition coefficient (Wildman–Crippen LogP) is 1.16. The fourth-order valence-corrected chi connectivity index (χ4v) is 3.98. The van der Waals surface area contributed by atoms with Crippen LogP contribution in [0.25, 0.3) is 0 Å². The van der Waals surface area contributed by atoms with Crippen molar-refractivity contribution in [3.05, 3.63) is 23.8 Å². The smallest absolute Gasteiger partial charge is 0.252 e. The van der Waals surface area contributed by atoms with E-state index in [4.69, 9.17) is 14.2 Å². The van der Waals surface area contributed by atoms with Gasteiger partial charge in [0.2, 0.25) is 0 Å². The van der Waals surface area contributed by atoms with Crippen molar-refractivity contribution >= 4 is 5.91 Å². The van der Waals surface area contributed by atoms with E-state index in [1.807, 2.05) is 18.2 Å². The number of carbonyl (C=O) groups excluding carboxylic acids is 1. The fourth-order valence-electron chi connectivity index (χ4n) is 3.98. The van der Waals surface area contributed by atoms with Crippen LogP contribution in [-0.4, -0.2) is 70.0 Å². The first kappa shape index (κ1) is 19.9. The standard InChI is InChI=1S/C20H31N3O4/c1-25-17-10-15(11-18(12-17)26-2)13-23-9-4-16(14-23)22-19(24)20(27-3)5-7-21-8-6-20/h10-12,16,21H,4-9,13-14H2,1-3H3,(H,22,24). The maximum Gasteiger partial charge on any atom is 0.252 e. The number of methoxy groups -OCH3 is 3. The average molecular weight is 377 g/mol. The fraction of sp³-hybridized carbons (Fsp3) is 0.650. The molecule has 7 heteroatoms. The number of carbonyl (C=O) groups is 1. The van der Waals surface area contributed by atoms with Crippen LogP contribution in [0.15, 0.2) is 18.2 Å². The lowest BCUT2D eigenvalue weighted by atomic mass is 9.90. The van der Waals surface area contributed by atoms with E-state index in [0.29, 0.717) is 0 Å². The summed E-state index contributed by atoms with van der Waals surface area (Å²) in [5.41, 5.74) is 0.462. The van der Waals surface area contributed by atoms with E-state index in [0.717, 1.165) is 69.0 Å². The van der Waals surface area contributed by atoms with E-state index >= 15 is 0 Å². The molecule has 150 valence electrons. The highest BCUT2D eigenvalue weighted by molar-refractivity contribution is 5.85. The summed E-state index contributed by atoms with van der Waals surface area (Å²) < 4.78 is 16.3. The number of ether oxygens (including phenoxy) is 3. The Bertz CT molecular complexity index is 624. The number of nitrogens with zero attached hydrogens (tertiary/aromatic N) is 1. The zero-order valence-corrected chi connectivity index (χ0v) is 16.5. The molecule has 2 N–H and O–H groups in total. The molecule has 3 rings (SSSR count). The number of nitrogens with one attached hydrogen (secondary N) is 2. The highest BCUT2D eigenvalue weighted by Gasteiger charge is 2.41. The van der Waals surface area contributed by atoms with Gasteiger partial charge < -0.3 is 24.8 Å². The van der Waals surface area contributed by atoms with Crippen molar-refractivity contribution in [2.45, 2.75) is 37.5 Å². The minimum Gasteiger partial charge on any atom is -0.497 e. The molecule has 1 unspecified atom stereocenters. The number of likely N-dealkylation sites (tertiary alicyclic amines) is 1. The maximum atomic E-state index is 12.8. The Morgan fingerprint density at radius 1 is 1.19 bits per heavy atom. The largest absolute Gasteiger partial charge is 0.497 e. The topological polar surface area (TPSA) is 72.1 Å². The highest BCUT2D eigenvalue weighted by Crippen LogP contribution is 2.26. The molecule has 27 heavy (non-hydrogen) atoms. The van der Waals surface area contributed by atoms with Crippen LogP contribution in [0.5, 0.6) is 11.5 Å². The van der Waals surface area contributed by atoms with Crippen LogP contribution in [0.3, 0.4) is 0 Å². The summed E-state index contributed by atoms with van der Waals surface area (Å²) in [6.45, 7) is 4.22. The molecule has 0 saturated carbocycles. The Morgan fingerprint density at radius 2 is 1.85 bits per heavy atom. The van der Waals surface area contributed by atoms with Gasteiger partial charge in [-0.1, -0.05) is 0 Å². The van der Waals surface area contributed by atoms with Crippen molar-refractivity contribution in [3.8, 4) is 11.5 Å². The van der Waals surface area contributed by atoms with Crippen molar-refractivity contribution in [1.29, 1.82) is 0 Å². The van der Waals surface area contributed by atoms with Crippen molar-refractivity contribution in [2.75, 3.05) is 47.5 Å². The zero-order valence-electron chi connectivity index (χ0n) is 16.5. The lowest BCUT2D eigenvalue weighted by Crippen LogP contribution is -2.56. The van der Waals surface area contributed by atoms with Gasteiger partial charge in [0.05, 0.1) is 14.2 Å². The average Bonchev–Trinajstić information content (AvgIpc) is 3.14. The summed E-state index contributed by atoms with van der Waals surface area (Å²) in [6.07, 6.45) is 2.38. The van der Waals surface area contributed by atoms with E-state index in [-0.39, 0.29) is 11.9 Å². The molecule has 0 aromatic heterocycles. The SMILES string of the molecule is COc1cc(CN2CCC(NC(=O)C3(OC)CCNCC3)C2)cc(OC)c1. The molecule has 0 spiro atoms. The van der Waals surface area contributed by atoms with Gasteiger partial charge in [-0.3, -0.25) is 9.69 Å². The van der Waals surface area contributed by atoms with Gasteiger partial charge in [-0.25, -0.2) is 0 Å². The van der Waals surface area contributed by atoms with Gasteiger partial charge >= 0.3 is 0 Å². The van der Waals surface area contributed by atoms with Crippen LogP contribution in [0, 0.1) is 0 Å². The van der Waals surface area contributed by atoms with Gasteiger partial charge in [-0.15, -0.1) is 0 Å². The monoisotopic (exact) mass is 377 g/mol. The molecule has 1 atom stereocenters. The molecule has 1 amide bonds. The second-order valence-corrected chi connectivity index (χ2v) is 7.36. The van der Waals surface area contributed by atoms with Gasteiger partial charge in [0.1, 0.15) is 17.1 Å². The quantitative estimate of drug-likeness (QED) is 0.743. The van der Waals surface area contributed by atoms with Gasteiger partial charge in [0, 0.05) is 38.9 Å². The van der Waals surface area contributed by atoms with Crippen molar-refractivity contribution in [3.63, 3.8) is 0 Å². The Hall–Kier alpha value is -1.83. The number of hydrogen-bond donors (Lipinski definition) is 2. The van der Waals surface area contributed by atoms with Crippen LogP contribution in [0.2, 0.25) is 0 Å². The second-order valence-electron chi connectivity index (χ2n) is 7.36. The number of amides is 1. The lowest BCUT2D eigenvalue weighted by Gasteiger charge is -2.35. The normalized spacial score (nSPS) is 22.4. The Balaban J connectivity index is 1.56. The summed E-state index contributed by atoms with van der Waals surface area (Å²) >= 11 is 0. The van der Waals surface area contributed by atoms with E-state index in [9.17, 15) is 4.79 Å². The van der Waals surface area contributed by atoms with Gasteiger partial charge in [-0.05, 0) is 50.0 Å². The molecule has 2 aliphatic heterocycles. The van der Waals surface area contributed by atoms with E-state index < -0.39 is 5.60 Å². The number of rotatable bonds is 7. The predicted molar refractivity (Wildman–Crippen MR) is 103 cm³/mol. The third-order valence-corrected chi connectivity index (χ3v) is 5.64. The third-order valence-electron chi connectivity index (χ3n) is 5.64. The second kappa shape index (κ2) is 8.91. The van der Waals surface area contributed by atoms with Crippen LogP contribution in [-0.2, 0) is 16.1 Å². The Morgan fingerprint density at radius 3 is 2.44 bits per heavy atom. The summed E-state index contributed by atoms with van der Waals surface area (Å²) in [6, 6.07) is 6.10. The molecule has 2 fully saturated rings. The van der Waals surface area contributed by atoms with Crippen LogP contribution >= 0.6 is 0 Å². The van der Waals surface area contributed by atoms with E-state index in [1.165, 1.54) is 0 Å². The molecule has 0 radical (unpaired) electrons. The van der Waals surface area contributed by atoms with Crippen molar-refractivity contribution in [2.24, 2.45) is 0 Å². The molecule has 2 heterocycles. The maximum absolute atomic E-state index is 12.8. The minimum absolute atomic E-state index is 0.0291. The van der Waals surface area contributed by atoms with Crippen LogP contribution in [0.1, 0.15) is 24.8 Å². The molecule has 7 nitrogen and oxygen atoms in total. The summed E-state index contributed by atoms with van der Waals surface area (Å²) in [5, 5.41) is 6.51. The Labute approximate surface area is 161 Å². The van der Waals surface area contributed by atoms with Gasteiger partial charge in [-0.2, -0.15) is 0 Å². The summed E-state index contributed by atoms with van der Waals surface area (Å²) in [4.78, 5) is 15.2. The molecule has 0 aliphatic carbocycles. The molecule has 1 aromatic rings. The first-order chi connectivity index (χ1) is 13.1. The Kier molecular flexibility index (Phi) is 6.57. The van der Waals surface area contributed by atoms with E-state index in [2.05, 4.69) is 15.5 Å². The van der Waals surface area contributed by atoms with Crippen molar-refractivity contribution < 1.29 is 19.0 Å². The number of benzene rings is 1. The third kappa shape index (κ3) is 4.72. The zero-order chi connectivity index (χ0) is 19.3. The molecular weight excluding hydrogens is 346 g/mol. The molecular formula is C20H31N3O4. The number of hydrogen-bond acceptors (Lipinski definition) is 6. The van der Waals surface area contributed by atoms with Crippen molar-refractivity contribution in [1.82, 2.24) is 15.5 Å². The lowest BCUT2D eigenvalue weighted by molar-refractivity contribution is -0.147. The van der Waals surface area contributed by atoms with Crippen LogP contribution in [0.4, 0.5) is 0 Å². The minimum atomic E-state index is -0.682. The summed E-state index contributed by atoms with van der Waals surface area (Å²) in [5.74, 6) is 1.61. The highest BCUT2D eigenvalue weighted by atomic mass is 16.5. The first-order valence-electron chi connectivity index (χ1n) is 9.59. The first-order valence-corrected chi connectivity index (χ1v) is 9.59. The molecule has 2 aliphatic rings. The molecule has 0 bridgehead atoms. The van der Waals surface area contributed by atoms with Crippen LogP contribution < -0.4 is 20.1 Å². The molecule has 2 saturated heterocycles. The van der Waals surface area contributed by atoms with E-state index in [1.54, 1.807) is 21.3 Å². The number of piperidine rings is 1. The van der Waals surface area contributed by atoms with Gasteiger partial charge in [0.25, 0.3) is 5.91 Å².